The number of hydrogen-bond acceptors (Lipinski definition) is 6. The molecule has 3 heterocycles. The highest BCUT2D eigenvalue weighted by Crippen LogP contribution is 2.34. The van der Waals surface area contributed by atoms with Crippen LogP contribution in [-0.2, 0) is 16.0 Å². The number of anilines is 2. The molecule has 31 heavy (non-hydrogen) atoms. The maximum atomic E-state index is 12.8. The Labute approximate surface area is 185 Å². The number of amides is 2. The number of nitrogens with zero attached hydrogens (tertiary/aromatic N) is 4. The predicted molar refractivity (Wildman–Crippen MR) is 122 cm³/mol. The number of hydrogen-bond donors (Lipinski definition) is 1. The van der Waals surface area contributed by atoms with Gasteiger partial charge in [-0.1, -0.05) is 12.5 Å². The molecule has 1 aromatic rings. The Morgan fingerprint density at radius 3 is 2.55 bits per heavy atom. The highest BCUT2D eigenvalue weighted by molar-refractivity contribution is 5.92. The van der Waals surface area contributed by atoms with Crippen LogP contribution in [0.3, 0.4) is 0 Å². The molecule has 1 aromatic carbocycles. The van der Waals surface area contributed by atoms with E-state index in [4.69, 9.17) is 4.74 Å². The molecular formula is C23H35N5O3. The van der Waals surface area contributed by atoms with Crippen molar-refractivity contribution in [3.05, 3.63) is 23.8 Å². The maximum Gasteiger partial charge on any atom is 0.416 e. The second-order valence-electron chi connectivity index (χ2n) is 8.74. The first-order valence-corrected chi connectivity index (χ1v) is 11.6. The van der Waals surface area contributed by atoms with Crippen molar-refractivity contribution >= 4 is 23.4 Å². The molecule has 8 heteroatoms. The molecule has 4 rings (SSSR count). The molecule has 0 bridgehead atoms. The van der Waals surface area contributed by atoms with Crippen molar-refractivity contribution in [1.29, 1.82) is 0 Å². The van der Waals surface area contributed by atoms with Crippen molar-refractivity contribution < 1.29 is 14.3 Å². The number of nitrogens with one attached hydrogen (secondary N) is 1. The molecule has 3 fully saturated rings. The number of piperidine rings is 1. The van der Waals surface area contributed by atoms with Gasteiger partial charge in [0.25, 0.3) is 0 Å². The lowest BCUT2D eigenvalue weighted by molar-refractivity contribution is -0.134. The molecule has 3 aliphatic rings. The summed E-state index contributed by atoms with van der Waals surface area (Å²) in [6.07, 6.45) is 3.82. The highest BCUT2D eigenvalue weighted by atomic mass is 16.6. The maximum absolute atomic E-state index is 12.8. The summed E-state index contributed by atoms with van der Waals surface area (Å²) in [7, 11) is 1.68. The molecule has 0 aromatic heterocycles. The van der Waals surface area contributed by atoms with Gasteiger partial charge in [0.15, 0.2) is 6.23 Å². The van der Waals surface area contributed by atoms with Crippen LogP contribution in [0.1, 0.15) is 31.7 Å². The Morgan fingerprint density at radius 2 is 1.84 bits per heavy atom. The van der Waals surface area contributed by atoms with E-state index in [1.807, 2.05) is 12.1 Å². The number of rotatable bonds is 6. The summed E-state index contributed by atoms with van der Waals surface area (Å²) >= 11 is 0. The standard InChI is InChI=1S/C23H35N5O3/c1-18(29)25(2)22-17-28(23(30)31-22)21-8-6-7-20(27-15-10-24-11-16-27)19(21)9-14-26-12-4-3-5-13-26/h6-8,22,24H,3-5,9-17H2,1-2H3. The molecule has 0 aliphatic carbocycles. The average molecular weight is 430 g/mol. The SMILES string of the molecule is CC(=O)N(C)C1CN(c2cccc(N3CCNCC3)c2CCN2CCCCC2)C(=O)O1. The molecule has 1 unspecified atom stereocenters. The van der Waals surface area contributed by atoms with Gasteiger partial charge in [-0.05, 0) is 44.5 Å². The zero-order valence-electron chi connectivity index (χ0n) is 18.8. The van der Waals surface area contributed by atoms with Gasteiger partial charge in [0.05, 0.1) is 12.2 Å². The summed E-state index contributed by atoms with van der Waals surface area (Å²) < 4.78 is 5.54. The molecule has 0 spiro atoms. The monoisotopic (exact) mass is 429 g/mol. The fourth-order valence-electron chi connectivity index (χ4n) is 4.78. The fraction of sp³-hybridized carbons (Fsp3) is 0.652. The van der Waals surface area contributed by atoms with Gasteiger partial charge in [0.1, 0.15) is 0 Å². The molecule has 0 saturated carbocycles. The summed E-state index contributed by atoms with van der Waals surface area (Å²) in [6, 6.07) is 6.24. The third kappa shape index (κ3) is 4.96. The van der Waals surface area contributed by atoms with Gasteiger partial charge >= 0.3 is 6.09 Å². The molecule has 0 radical (unpaired) electrons. The highest BCUT2D eigenvalue weighted by Gasteiger charge is 2.37. The summed E-state index contributed by atoms with van der Waals surface area (Å²) in [5, 5.41) is 3.42. The van der Waals surface area contributed by atoms with Crippen molar-refractivity contribution in [2.45, 2.75) is 38.8 Å². The lowest BCUT2D eigenvalue weighted by atomic mass is 10.0. The van der Waals surface area contributed by atoms with E-state index >= 15 is 0 Å². The number of carbonyl (C=O) groups excluding carboxylic acids is 2. The second-order valence-corrected chi connectivity index (χ2v) is 8.74. The van der Waals surface area contributed by atoms with Crippen molar-refractivity contribution in [3.8, 4) is 0 Å². The van der Waals surface area contributed by atoms with E-state index < -0.39 is 6.23 Å². The van der Waals surface area contributed by atoms with Crippen LogP contribution in [0.4, 0.5) is 16.2 Å². The Morgan fingerprint density at radius 1 is 1.13 bits per heavy atom. The number of piperazine rings is 1. The third-order valence-electron chi connectivity index (χ3n) is 6.73. The molecule has 8 nitrogen and oxygen atoms in total. The summed E-state index contributed by atoms with van der Waals surface area (Å²) in [5.41, 5.74) is 3.34. The number of benzene rings is 1. The molecule has 1 N–H and O–H groups in total. The van der Waals surface area contributed by atoms with E-state index in [9.17, 15) is 9.59 Å². The number of cyclic esters (lactones) is 1. The van der Waals surface area contributed by atoms with Crippen LogP contribution in [-0.4, -0.2) is 87.4 Å². The van der Waals surface area contributed by atoms with E-state index in [2.05, 4.69) is 21.2 Å². The normalized spacial score (nSPS) is 22.5. The van der Waals surface area contributed by atoms with E-state index in [1.165, 1.54) is 42.3 Å². The smallest absolute Gasteiger partial charge is 0.416 e. The van der Waals surface area contributed by atoms with E-state index in [0.717, 1.165) is 57.9 Å². The molecular weight excluding hydrogens is 394 g/mol. The van der Waals surface area contributed by atoms with Crippen molar-refractivity contribution in [3.63, 3.8) is 0 Å². The van der Waals surface area contributed by atoms with Crippen molar-refractivity contribution in [2.24, 2.45) is 0 Å². The number of likely N-dealkylation sites (N-methyl/N-ethyl adjacent to an activating group) is 1. The van der Waals surface area contributed by atoms with E-state index in [-0.39, 0.29) is 12.0 Å². The van der Waals surface area contributed by atoms with Crippen LogP contribution in [0, 0.1) is 0 Å². The summed E-state index contributed by atoms with van der Waals surface area (Å²) in [4.78, 5) is 32.7. The Balaban J connectivity index is 1.61. The quantitative estimate of drug-likeness (QED) is 0.745. The van der Waals surface area contributed by atoms with Gasteiger partial charge in [-0.2, -0.15) is 0 Å². The average Bonchev–Trinajstić information content (AvgIpc) is 3.19. The van der Waals surface area contributed by atoms with Gasteiger partial charge in [-0.25, -0.2) is 4.79 Å². The Bertz CT molecular complexity index is 789. The summed E-state index contributed by atoms with van der Waals surface area (Å²) in [6.45, 7) is 9.00. The van der Waals surface area contributed by atoms with E-state index in [0.29, 0.717) is 6.54 Å². The van der Waals surface area contributed by atoms with Gasteiger partial charge in [0.2, 0.25) is 5.91 Å². The lowest BCUT2D eigenvalue weighted by Crippen LogP contribution is -2.44. The summed E-state index contributed by atoms with van der Waals surface area (Å²) in [5.74, 6) is -0.112. The van der Waals surface area contributed by atoms with Gasteiger partial charge in [-0.15, -0.1) is 0 Å². The Kier molecular flexibility index (Phi) is 6.97. The van der Waals surface area contributed by atoms with Crippen LogP contribution >= 0.6 is 0 Å². The second kappa shape index (κ2) is 9.87. The number of ether oxygens (including phenoxy) is 1. The van der Waals surface area contributed by atoms with Gasteiger partial charge in [-0.3, -0.25) is 9.69 Å². The predicted octanol–water partition coefficient (Wildman–Crippen LogP) is 1.89. The lowest BCUT2D eigenvalue weighted by Gasteiger charge is -2.34. The minimum atomic E-state index is -0.553. The van der Waals surface area contributed by atoms with Gasteiger partial charge in [0, 0.05) is 57.9 Å². The molecule has 2 amide bonds. The minimum Gasteiger partial charge on any atom is -0.423 e. The Hall–Kier alpha value is -2.32. The number of carbonyl (C=O) groups is 2. The van der Waals surface area contributed by atoms with Crippen LogP contribution < -0.4 is 15.1 Å². The molecule has 1 atom stereocenters. The van der Waals surface area contributed by atoms with Crippen molar-refractivity contribution in [2.75, 3.05) is 69.2 Å². The zero-order valence-corrected chi connectivity index (χ0v) is 18.8. The van der Waals surface area contributed by atoms with Crippen LogP contribution in [0.2, 0.25) is 0 Å². The minimum absolute atomic E-state index is 0.112. The fourth-order valence-corrected chi connectivity index (χ4v) is 4.78. The zero-order chi connectivity index (χ0) is 21.8. The van der Waals surface area contributed by atoms with Gasteiger partial charge < -0.3 is 24.8 Å². The largest absolute Gasteiger partial charge is 0.423 e. The van der Waals surface area contributed by atoms with Crippen molar-refractivity contribution in [1.82, 2.24) is 15.1 Å². The molecule has 3 saturated heterocycles. The molecule has 170 valence electrons. The van der Waals surface area contributed by atoms with Crippen LogP contribution in [0.15, 0.2) is 18.2 Å². The third-order valence-corrected chi connectivity index (χ3v) is 6.73. The molecule has 3 aliphatic heterocycles. The number of likely N-dealkylation sites (tertiary alicyclic amines) is 1. The van der Waals surface area contributed by atoms with E-state index in [1.54, 1.807) is 11.9 Å². The first kappa shape index (κ1) is 21.9. The topological polar surface area (TPSA) is 68.4 Å². The van der Waals surface area contributed by atoms with Crippen LogP contribution in [0.5, 0.6) is 0 Å². The van der Waals surface area contributed by atoms with Crippen LogP contribution in [0.25, 0.3) is 0 Å². The first-order chi connectivity index (χ1) is 15.0. The first-order valence-electron chi connectivity index (χ1n) is 11.6.